The maximum atomic E-state index is 11.0. The molecule has 0 saturated carbocycles. The molecule has 0 unspecified atom stereocenters. The molecule has 0 bridgehead atoms. The highest BCUT2D eigenvalue weighted by Gasteiger charge is 2.00. The van der Waals surface area contributed by atoms with Gasteiger partial charge in [-0.1, -0.05) is 25.4 Å². The topological polar surface area (TPSA) is 34.9 Å². The van der Waals surface area contributed by atoms with Crippen molar-refractivity contribution < 1.29 is 0 Å². The third kappa shape index (κ3) is 2.34. The standard InChI is InChI=1S/C6H7ClN2O.C2H6/c1-4-3-8-9(2)6(10)5(4)7;1-2/h3H,1-2H3;1-2H3. The van der Waals surface area contributed by atoms with Crippen molar-refractivity contribution in [3.8, 4) is 0 Å². The van der Waals surface area contributed by atoms with Crippen LogP contribution in [0.1, 0.15) is 19.4 Å². The van der Waals surface area contributed by atoms with E-state index >= 15 is 0 Å². The molecule has 0 amide bonds. The minimum atomic E-state index is -0.248. The molecule has 0 aromatic carbocycles. The largest absolute Gasteiger partial charge is 0.285 e. The lowest BCUT2D eigenvalue weighted by atomic mass is 10.3. The monoisotopic (exact) mass is 188 g/mol. The number of rotatable bonds is 0. The predicted octanol–water partition coefficient (Wildman–Crippen LogP) is 1.77. The van der Waals surface area contributed by atoms with Gasteiger partial charge in [-0.15, -0.1) is 0 Å². The molecule has 0 saturated heterocycles. The van der Waals surface area contributed by atoms with E-state index in [0.29, 0.717) is 5.56 Å². The van der Waals surface area contributed by atoms with Crippen LogP contribution in [0.25, 0.3) is 0 Å². The molecule has 0 aliphatic heterocycles. The summed E-state index contributed by atoms with van der Waals surface area (Å²) in [6.07, 6.45) is 1.56. The summed E-state index contributed by atoms with van der Waals surface area (Å²) in [5, 5.41) is 4.01. The fourth-order valence-electron chi connectivity index (χ4n) is 0.593. The number of hydrogen-bond acceptors (Lipinski definition) is 2. The normalized spacial score (nSPS) is 8.75. The highest BCUT2D eigenvalue weighted by atomic mass is 35.5. The van der Waals surface area contributed by atoms with E-state index in [4.69, 9.17) is 11.6 Å². The zero-order valence-electron chi connectivity index (χ0n) is 7.76. The van der Waals surface area contributed by atoms with Crippen LogP contribution in [0.5, 0.6) is 0 Å². The Morgan fingerprint density at radius 1 is 1.50 bits per heavy atom. The minimum Gasteiger partial charge on any atom is -0.266 e. The summed E-state index contributed by atoms with van der Waals surface area (Å²) in [5.74, 6) is 0. The summed E-state index contributed by atoms with van der Waals surface area (Å²) in [6.45, 7) is 5.75. The van der Waals surface area contributed by atoms with E-state index in [1.165, 1.54) is 4.68 Å². The van der Waals surface area contributed by atoms with E-state index in [1.54, 1.807) is 20.2 Å². The molecule has 68 valence electrons. The molecule has 0 fully saturated rings. The zero-order chi connectivity index (χ0) is 9.72. The van der Waals surface area contributed by atoms with E-state index in [0.717, 1.165) is 0 Å². The molecular formula is C8H13ClN2O. The zero-order valence-corrected chi connectivity index (χ0v) is 8.51. The van der Waals surface area contributed by atoms with E-state index in [-0.39, 0.29) is 10.6 Å². The maximum absolute atomic E-state index is 11.0. The molecule has 0 spiro atoms. The third-order valence-corrected chi connectivity index (χ3v) is 1.71. The summed E-state index contributed by atoms with van der Waals surface area (Å²) < 4.78 is 1.20. The minimum absolute atomic E-state index is 0.248. The molecule has 3 nitrogen and oxygen atoms in total. The smallest absolute Gasteiger partial charge is 0.266 e. The lowest BCUT2D eigenvalue weighted by molar-refractivity contribution is 0.703. The third-order valence-electron chi connectivity index (χ3n) is 1.25. The Kier molecular flexibility index (Phi) is 4.59. The van der Waals surface area contributed by atoms with Gasteiger partial charge in [-0.2, -0.15) is 5.10 Å². The van der Waals surface area contributed by atoms with E-state index in [9.17, 15) is 4.79 Å². The summed E-state index contributed by atoms with van der Waals surface area (Å²) >= 11 is 5.61. The summed E-state index contributed by atoms with van der Waals surface area (Å²) in [4.78, 5) is 11.0. The fourth-order valence-corrected chi connectivity index (χ4v) is 0.764. The molecule has 1 heterocycles. The van der Waals surface area contributed by atoms with E-state index < -0.39 is 0 Å². The number of halogens is 1. The summed E-state index contributed by atoms with van der Waals surface area (Å²) in [5.41, 5.74) is 0.464. The molecule has 1 rings (SSSR count). The van der Waals surface area contributed by atoms with Gasteiger partial charge in [0.2, 0.25) is 0 Å². The van der Waals surface area contributed by atoms with Crippen LogP contribution in [0.15, 0.2) is 11.0 Å². The highest BCUT2D eigenvalue weighted by Crippen LogP contribution is 2.04. The van der Waals surface area contributed by atoms with Gasteiger partial charge >= 0.3 is 0 Å². The van der Waals surface area contributed by atoms with Crippen molar-refractivity contribution in [3.63, 3.8) is 0 Å². The van der Waals surface area contributed by atoms with Crippen molar-refractivity contribution in [2.75, 3.05) is 0 Å². The Bertz CT molecular complexity index is 306. The molecule has 0 aliphatic rings. The van der Waals surface area contributed by atoms with Crippen LogP contribution in [0.2, 0.25) is 5.02 Å². The van der Waals surface area contributed by atoms with Gasteiger partial charge in [0.1, 0.15) is 5.02 Å². The first-order valence-electron chi connectivity index (χ1n) is 3.81. The van der Waals surface area contributed by atoms with Gasteiger partial charge in [-0.25, -0.2) is 4.68 Å². The summed E-state index contributed by atoms with van der Waals surface area (Å²) in [7, 11) is 1.56. The Hall–Kier alpha value is -0.830. The lowest BCUT2D eigenvalue weighted by Gasteiger charge is -1.97. The van der Waals surface area contributed by atoms with Gasteiger partial charge in [0.15, 0.2) is 0 Å². The van der Waals surface area contributed by atoms with Crippen LogP contribution in [-0.2, 0) is 7.05 Å². The quantitative estimate of drug-likeness (QED) is 0.622. The second-order valence-corrected chi connectivity index (χ2v) is 2.45. The van der Waals surface area contributed by atoms with Crippen molar-refractivity contribution in [2.24, 2.45) is 7.05 Å². The molecule has 12 heavy (non-hydrogen) atoms. The molecule has 0 aliphatic carbocycles. The van der Waals surface area contributed by atoms with Crippen LogP contribution in [0.3, 0.4) is 0 Å². The molecular weight excluding hydrogens is 176 g/mol. The van der Waals surface area contributed by atoms with Gasteiger partial charge in [-0.05, 0) is 12.5 Å². The van der Waals surface area contributed by atoms with Gasteiger partial charge in [-0.3, -0.25) is 4.79 Å². The summed E-state index contributed by atoms with van der Waals surface area (Å²) in [6, 6.07) is 0. The second kappa shape index (κ2) is 4.93. The van der Waals surface area contributed by atoms with Crippen LogP contribution in [-0.4, -0.2) is 9.78 Å². The first-order valence-corrected chi connectivity index (χ1v) is 4.19. The van der Waals surface area contributed by atoms with Crippen molar-refractivity contribution in [1.29, 1.82) is 0 Å². The molecule has 4 heteroatoms. The van der Waals surface area contributed by atoms with Gasteiger partial charge in [0.25, 0.3) is 5.56 Å². The fraction of sp³-hybridized carbons (Fsp3) is 0.500. The molecule has 0 N–H and O–H groups in total. The van der Waals surface area contributed by atoms with Crippen LogP contribution in [0.4, 0.5) is 0 Å². The predicted molar refractivity (Wildman–Crippen MR) is 50.6 cm³/mol. The van der Waals surface area contributed by atoms with Crippen LogP contribution in [0, 0.1) is 6.92 Å². The SMILES string of the molecule is CC.Cc1cnn(C)c(=O)c1Cl. The molecule has 0 radical (unpaired) electrons. The first kappa shape index (κ1) is 11.2. The Morgan fingerprint density at radius 3 is 2.42 bits per heavy atom. The van der Waals surface area contributed by atoms with E-state index in [2.05, 4.69) is 5.10 Å². The van der Waals surface area contributed by atoms with Crippen LogP contribution >= 0.6 is 11.6 Å². The van der Waals surface area contributed by atoms with E-state index in [1.807, 2.05) is 13.8 Å². The van der Waals surface area contributed by atoms with Crippen molar-refractivity contribution in [2.45, 2.75) is 20.8 Å². The average molecular weight is 189 g/mol. The van der Waals surface area contributed by atoms with Crippen molar-refractivity contribution in [3.05, 3.63) is 27.1 Å². The second-order valence-electron chi connectivity index (χ2n) is 2.07. The highest BCUT2D eigenvalue weighted by molar-refractivity contribution is 6.31. The Labute approximate surface area is 77.0 Å². The van der Waals surface area contributed by atoms with Crippen LogP contribution < -0.4 is 5.56 Å². The molecule has 1 aromatic heterocycles. The van der Waals surface area contributed by atoms with Gasteiger partial charge < -0.3 is 0 Å². The molecule has 0 atom stereocenters. The lowest BCUT2D eigenvalue weighted by Crippen LogP contribution is -2.20. The number of nitrogens with zero attached hydrogens (tertiary/aromatic N) is 2. The van der Waals surface area contributed by atoms with Gasteiger partial charge in [0.05, 0.1) is 6.20 Å². The Balaban J connectivity index is 0.000000561. The van der Waals surface area contributed by atoms with Crippen molar-refractivity contribution in [1.82, 2.24) is 9.78 Å². The average Bonchev–Trinajstić information content (AvgIpc) is 2.12. The first-order chi connectivity index (χ1) is 5.63. The number of aryl methyl sites for hydroxylation is 2. The number of hydrogen-bond donors (Lipinski definition) is 0. The van der Waals surface area contributed by atoms with Gasteiger partial charge in [0, 0.05) is 7.05 Å². The van der Waals surface area contributed by atoms with Crippen molar-refractivity contribution >= 4 is 11.6 Å². The molecule has 1 aromatic rings. The maximum Gasteiger partial charge on any atom is 0.285 e. The Morgan fingerprint density at radius 2 is 2.00 bits per heavy atom. The number of aromatic nitrogens is 2.